The van der Waals surface area contributed by atoms with Crippen molar-refractivity contribution in [2.75, 3.05) is 18.9 Å². The number of methoxy groups -OCH3 is 2. The van der Waals surface area contributed by atoms with Gasteiger partial charge in [0.25, 0.3) is 10.0 Å². The van der Waals surface area contributed by atoms with Crippen molar-refractivity contribution in [3.05, 3.63) is 59.7 Å². The normalized spacial score (nSPS) is 10.8. The summed E-state index contributed by atoms with van der Waals surface area (Å²) in [6.45, 7) is 0. The van der Waals surface area contributed by atoms with E-state index in [2.05, 4.69) is 14.2 Å². The fourth-order valence-corrected chi connectivity index (χ4v) is 3.07. The summed E-state index contributed by atoms with van der Waals surface area (Å²) in [6.07, 6.45) is 0. The van der Waals surface area contributed by atoms with Crippen LogP contribution in [0.3, 0.4) is 0 Å². The first kappa shape index (κ1) is 17.5. The Balaban J connectivity index is 2.51. The van der Waals surface area contributed by atoms with Crippen LogP contribution < -0.4 is 4.72 Å². The molecule has 0 atom stereocenters. The molecular weight excluding hydrogens is 334 g/mol. The summed E-state index contributed by atoms with van der Waals surface area (Å²) >= 11 is 0. The topological polar surface area (TPSA) is 98.8 Å². The fraction of sp³-hybridized carbons (Fsp3) is 0.125. The molecule has 1 N–H and O–H groups in total. The van der Waals surface area contributed by atoms with Crippen LogP contribution in [0, 0.1) is 0 Å². The molecule has 0 aliphatic rings. The smallest absolute Gasteiger partial charge is 0.337 e. The Bertz CT molecular complexity index is 827. The van der Waals surface area contributed by atoms with Crippen molar-refractivity contribution in [1.29, 1.82) is 0 Å². The molecule has 0 bridgehead atoms. The molecule has 0 spiro atoms. The maximum absolute atomic E-state index is 12.5. The molecule has 2 rings (SSSR count). The predicted octanol–water partition coefficient (Wildman–Crippen LogP) is 2.06. The van der Waals surface area contributed by atoms with Crippen LogP contribution in [0.1, 0.15) is 20.7 Å². The number of rotatable bonds is 5. The second kappa shape index (κ2) is 7.14. The van der Waals surface area contributed by atoms with Gasteiger partial charge in [-0.15, -0.1) is 0 Å². The van der Waals surface area contributed by atoms with Gasteiger partial charge in [0.15, 0.2) is 0 Å². The Labute approximate surface area is 139 Å². The zero-order chi connectivity index (χ0) is 17.7. The van der Waals surface area contributed by atoms with Gasteiger partial charge in [-0.1, -0.05) is 18.2 Å². The van der Waals surface area contributed by atoms with Crippen LogP contribution in [0.4, 0.5) is 5.69 Å². The molecule has 2 aromatic carbocycles. The van der Waals surface area contributed by atoms with Crippen LogP contribution in [-0.2, 0) is 19.5 Å². The van der Waals surface area contributed by atoms with Gasteiger partial charge < -0.3 is 9.47 Å². The van der Waals surface area contributed by atoms with Gasteiger partial charge in [0.1, 0.15) is 0 Å². The second-order valence-corrected chi connectivity index (χ2v) is 6.38. The number of carbonyl (C=O) groups is 2. The summed E-state index contributed by atoms with van der Waals surface area (Å²) in [5.74, 6) is -1.53. The molecule has 0 saturated heterocycles. The number of esters is 2. The third kappa shape index (κ3) is 3.90. The number of hydrogen-bond donors (Lipinski definition) is 1. The van der Waals surface area contributed by atoms with E-state index >= 15 is 0 Å². The summed E-state index contributed by atoms with van der Waals surface area (Å²) < 4.78 is 36.6. The lowest BCUT2D eigenvalue weighted by atomic mass is 10.1. The first-order valence-corrected chi connectivity index (χ1v) is 8.25. The molecule has 0 aromatic heterocycles. The Hall–Kier alpha value is -2.87. The highest BCUT2D eigenvalue weighted by Crippen LogP contribution is 2.20. The van der Waals surface area contributed by atoms with E-state index in [4.69, 9.17) is 0 Å². The monoisotopic (exact) mass is 349 g/mol. The molecule has 0 aliphatic heterocycles. The molecule has 0 heterocycles. The maximum atomic E-state index is 12.5. The molecule has 0 unspecified atom stereocenters. The summed E-state index contributed by atoms with van der Waals surface area (Å²) in [4.78, 5) is 23.2. The van der Waals surface area contributed by atoms with Crippen LogP contribution in [0.2, 0.25) is 0 Å². The zero-order valence-corrected chi connectivity index (χ0v) is 13.8. The lowest BCUT2D eigenvalue weighted by Gasteiger charge is -2.11. The first-order chi connectivity index (χ1) is 11.4. The average Bonchev–Trinajstić information content (AvgIpc) is 2.60. The summed E-state index contributed by atoms with van der Waals surface area (Å²) in [6, 6.07) is 11.7. The van der Waals surface area contributed by atoms with E-state index in [0.29, 0.717) is 5.69 Å². The van der Waals surface area contributed by atoms with Crippen molar-refractivity contribution in [3.8, 4) is 0 Å². The lowest BCUT2D eigenvalue weighted by molar-refractivity contribution is 0.0598. The van der Waals surface area contributed by atoms with Crippen molar-refractivity contribution < 1.29 is 27.5 Å². The van der Waals surface area contributed by atoms with Gasteiger partial charge in [-0.3, -0.25) is 4.72 Å². The minimum atomic E-state index is -4.01. The van der Waals surface area contributed by atoms with E-state index in [-0.39, 0.29) is 16.0 Å². The molecule has 2 aromatic rings. The van der Waals surface area contributed by atoms with E-state index in [9.17, 15) is 18.0 Å². The second-order valence-electron chi connectivity index (χ2n) is 4.70. The van der Waals surface area contributed by atoms with Gasteiger partial charge in [-0.2, -0.15) is 0 Å². The van der Waals surface area contributed by atoms with Crippen molar-refractivity contribution >= 4 is 27.6 Å². The standard InChI is InChI=1S/C16H15NO6S/c1-22-15(18)11-8-12(16(19)23-2)10-14(9-11)24(20,21)17-13-6-4-3-5-7-13/h3-10,17H,1-2H3. The summed E-state index contributed by atoms with van der Waals surface area (Å²) in [5.41, 5.74) is 0.197. The van der Waals surface area contributed by atoms with E-state index < -0.39 is 22.0 Å². The number of anilines is 1. The third-order valence-electron chi connectivity index (χ3n) is 3.09. The van der Waals surface area contributed by atoms with Crippen LogP contribution in [0.5, 0.6) is 0 Å². The van der Waals surface area contributed by atoms with Crippen molar-refractivity contribution in [2.24, 2.45) is 0 Å². The molecular formula is C16H15NO6S. The van der Waals surface area contributed by atoms with Crippen LogP contribution in [-0.4, -0.2) is 34.6 Å². The summed E-state index contributed by atoms with van der Waals surface area (Å²) in [7, 11) is -1.69. The number of nitrogens with one attached hydrogen (secondary N) is 1. The molecule has 0 saturated carbocycles. The van der Waals surface area contributed by atoms with Gasteiger partial charge in [-0.05, 0) is 30.3 Å². The van der Waals surface area contributed by atoms with E-state index in [1.807, 2.05) is 0 Å². The largest absolute Gasteiger partial charge is 0.465 e. The highest BCUT2D eigenvalue weighted by atomic mass is 32.2. The zero-order valence-electron chi connectivity index (χ0n) is 13.0. The van der Waals surface area contributed by atoms with E-state index in [1.54, 1.807) is 30.3 Å². The van der Waals surface area contributed by atoms with Crippen LogP contribution >= 0.6 is 0 Å². The Morgan fingerprint density at radius 1 is 0.875 bits per heavy atom. The SMILES string of the molecule is COC(=O)c1cc(C(=O)OC)cc(S(=O)(=O)Nc2ccccc2)c1. The molecule has 0 radical (unpaired) electrons. The third-order valence-corrected chi connectivity index (χ3v) is 4.45. The number of hydrogen-bond acceptors (Lipinski definition) is 6. The van der Waals surface area contributed by atoms with Crippen molar-refractivity contribution in [2.45, 2.75) is 4.90 Å². The van der Waals surface area contributed by atoms with Gasteiger partial charge in [-0.25, -0.2) is 18.0 Å². The Kier molecular flexibility index (Phi) is 5.20. The first-order valence-electron chi connectivity index (χ1n) is 6.77. The van der Waals surface area contributed by atoms with Gasteiger partial charge in [0.2, 0.25) is 0 Å². The molecule has 8 heteroatoms. The number of sulfonamides is 1. The molecule has 24 heavy (non-hydrogen) atoms. The number of benzene rings is 2. The molecule has 126 valence electrons. The summed E-state index contributed by atoms with van der Waals surface area (Å²) in [5, 5.41) is 0. The quantitative estimate of drug-likeness (QED) is 0.830. The fourth-order valence-electron chi connectivity index (χ4n) is 1.95. The average molecular weight is 349 g/mol. The Morgan fingerprint density at radius 2 is 1.38 bits per heavy atom. The van der Waals surface area contributed by atoms with Crippen LogP contribution in [0.15, 0.2) is 53.4 Å². The number of para-hydroxylation sites is 1. The van der Waals surface area contributed by atoms with Gasteiger partial charge in [0.05, 0.1) is 30.2 Å². The van der Waals surface area contributed by atoms with Crippen LogP contribution in [0.25, 0.3) is 0 Å². The Morgan fingerprint density at radius 3 is 1.83 bits per heavy atom. The maximum Gasteiger partial charge on any atom is 0.337 e. The highest BCUT2D eigenvalue weighted by Gasteiger charge is 2.21. The molecule has 0 fully saturated rings. The molecule has 0 amide bonds. The highest BCUT2D eigenvalue weighted by molar-refractivity contribution is 7.92. The van der Waals surface area contributed by atoms with Gasteiger partial charge >= 0.3 is 11.9 Å². The molecule has 7 nitrogen and oxygen atoms in total. The van der Waals surface area contributed by atoms with E-state index in [1.165, 1.54) is 6.07 Å². The van der Waals surface area contributed by atoms with E-state index in [0.717, 1.165) is 26.4 Å². The predicted molar refractivity (Wildman–Crippen MR) is 86.4 cm³/mol. The lowest BCUT2D eigenvalue weighted by Crippen LogP contribution is -2.16. The number of carbonyl (C=O) groups excluding carboxylic acids is 2. The van der Waals surface area contributed by atoms with Gasteiger partial charge in [0, 0.05) is 5.69 Å². The minimum absolute atomic E-state index is 0.0752. The van der Waals surface area contributed by atoms with Crippen molar-refractivity contribution in [1.82, 2.24) is 0 Å². The minimum Gasteiger partial charge on any atom is -0.465 e. The van der Waals surface area contributed by atoms with Crippen molar-refractivity contribution in [3.63, 3.8) is 0 Å². The number of ether oxygens (including phenoxy) is 2. The molecule has 0 aliphatic carbocycles.